The molecule has 5 N–H and O–H groups in total. The van der Waals surface area contributed by atoms with Gasteiger partial charge < -0.3 is 16.8 Å². The number of hydrogen-bond donors (Lipinski definition) is 3. The van der Waals surface area contributed by atoms with Crippen molar-refractivity contribution in [2.45, 2.75) is 45.3 Å². The van der Waals surface area contributed by atoms with Gasteiger partial charge in [0.25, 0.3) is 0 Å². The molecule has 2 amide bonds. The summed E-state index contributed by atoms with van der Waals surface area (Å²) in [5.74, 6) is 0.190. The SMILES string of the molecule is Cc1nc(N)ccc1CNC(=O)[C@H](C)N1CC(Cc2cccc(Br)c2)CC1C(N)=O.Cl.Cl. The Balaban J connectivity index is 0.00000256. The Morgan fingerprint density at radius 1 is 1.28 bits per heavy atom. The Morgan fingerprint density at radius 2 is 2.00 bits per heavy atom. The standard InChI is InChI=1S/C22H28BrN5O2.2ClH/c1-13-17(6-7-20(24)27-13)11-26-22(30)14(2)28-12-16(10-19(28)21(25)29)8-15-4-3-5-18(23)9-15;;/h3-7,9,14,16,19H,8,10-12H2,1-2H3,(H2,24,27)(H2,25,29)(H,26,30);2*1H/t14-,16?,19?;;/m0../s1. The highest BCUT2D eigenvalue weighted by molar-refractivity contribution is 9.10. The molecule has 2 unspecified atom stereocenters. The van der Waals surface area contributed by atoms with Crippen molar-refractivity contribution in [1.82, 2.24) is 15.2 Å². The van der Waals surface area contributed by atoms with Crippen molar-refractivity contribution >= 4 is 58.4 Å². The third kappa shape index (κ3) is 7.07. The van der Waals surface area contributed by atoms with Gasteiger partial charge in [0.15, 0.2) is 0 Å². The lowest BCUT2D eigenvalue weighted by Gasteiger charge is -2.28. The van der Waals surface area contributed by atoms with Gasteiger partial charge in [0.1, 0.15) is 5.82 Å². The zero-order chi connectivity index (χ0) is 21.8. The molecule has 1 aliphatic heterocycles. The highest BCUT2D eigenvalue weighted by atomic mass is 79.9. The van der Waals surface area contributed by atoms with Crippen LogP contribution in [0.1, 0.15) is 30.2 Å². The van der Waals surface area contributed by atoms with E-state index in [4.69, 9.17) is 11.5 Å². The van der Waals surface area contributed by atoms with Crippen molar-refractivity contribution in [2.75, 3.05) is 12.3 Å². The number of halogens is 3. The molecule has 32 heavy (non-hydrogen) atoms. The number of aromatic nitrogens is 1. The third-order valence-electron chi connectivity index (χ3n) is 5.71. The highest BCUT2D eigenvalue weighted by Crippen LogP contribution is 2.29. The molecule has 176 valence electrons. The molecule has 1 fully saturated rings. The molecule has 3 atom stereocenters. The Hall–Kier alpha value is -1.87. The molecule has 7 nitrogen and oxygen atoms in total. The van der Waals surface area contributed by atoms with Gasteiger partial charge in [0.05, 0.1) is 12.1 Å². The number of rotatable bonds is 7. The van der Waals surface area contributed by atoms with Crippen LogP contribution >= 0.6 is 40.7 Å². The summed E-state index contributed by atoms with van der Waals surface area (Å²) in [4.78, 5) is 31.0. The van der Waals surface area contributed by atoms with E-state index in [0.717, 1.165) is 22.2 Å². The van der Waals surface area contributed by atoms with Crippen LogP contribution in [-0.2, 0) is 22.6 Å². The summed E-state index contributed by atoms with van der Waals surface area (Å²) in [6.07, 6.45) is 1.49. The number of amides is 2. The molecule has 10 heteroatoms. The summed E-state index contributed by atoms with van der Waals surface area (Å²) in [6, 6.07) is 10.8. The summed E-state index contributed by atoms with van der Waals surface area (Å²) in [7, 11) is 0. The molecular weight excluding hydrogens is 517 g/mol. The van der Waals surface area contributed by atoms with Gasteiger partial charge in [0.2, 0.25) is 11.8 Å². The second kappa shape index (κ2) is 12.4. The van der Waals surface area contributed by atoms with Gasteiger partial charge in [-0.1, -0.05) is 34.1 Å². The molecule has 2 heterocycles. The van der Waals surface area contributed by atoms with Crippen LogP contribution in [0.15, 0.2) is 40.9 Å². The van der Waals surface area contributed by atoms with E-state index < -0.39 is 12.1 Å². The van der Waals surface area contributed by atoms with E-state index in [0.29, 0.717) is 25.3 Å². The minimum atomic E-state index is -0.461. The van der Waals surface area contributed by atoms with Gasteiger partial charge in [-0.15, -0.1) is 24.8 Å². The number of hydrogen-bond acceptors (Lipinski definition) is 5. The number of primary amides is 1. The number of carbonyl (C=O) groups excluding carboxylic acids is 2. The highest BCUT2D eigenvalue weighted by Gasteiger charge is 2.40. The number of nitrogens with one attached hydrogen (secondary N) is 1. The maximum Gasteiger partial charge on any atom is 0.237 e. The molecule has 1 aromatic heterocycles. The molecule has 1 aliphatic rings. The Morgan fingerprint density at radius 3 is 2.62 bits per heavy atom. The topological polar surface area (TPSA) is 114 Å². The van der Waals surface area contributed by atoms with Crippen molar-refractivity contribution < 1.29 is 9.59 Å². The smallest absolute Gasteiger partial charge is 0.237 e. The van der Waals surface area contributed by atoms with Crippen molar-refractivity contribution in [1.29, 1.82) is 0 Å². The molecule has 3 rings (SSSR count). The number of nitrogen functional groups attached to an aromatic ring is 1. The average molecular weight is 547 g/mol. The Bertz CT molecular complexity index is 946. The Labute approximate surface area is 209 Å². The predicted octanol–water partition coefficient (Wildman–Crippen LogP) is 3.00. The number of pyridine rings is 1. The van der Waals surface area contributed by atoms with E-state index in [1.54, 1.807) is 6.07 Å². The van der Waals surface area contributed by atoms with Crippen LogP contribution in [0.25, 0.3) is 0 Å². The molecule has 1 aromatic carbocycles. The van der Waals surface area contributed by atoms with E-state index >= 15 is 0 Å². The maximum absolute atomic E-state index is 12.8. The number of likely N-dealkylation sites (tertiary alicyclic amines) is 1. The van der Waals surface area contributed by atoms with Crippen LogP contribution in [0.5, 0.6) is 0 Å². The van der Waals surface area contributed by atoms with Crippen LogP contribution in [0, 0.1) is 12.8 Å². The van der Waals surface area contributed by atoms with Crippen molar-refractivity contribution in [3.63, 3.8) is 0 Å². The normalized spacial score (nSPS) is 18.8. The summed E-state index contributed by atoms with van der Waals surface area (Å²) < 4.78 is 1.03. The number of nitrogens with two attached hydrogens (primary N) is 2. The summed E-state index contributed by atoms with van der Waals surface area (Å²) in [6.45, 7) is 4.69. The minimum absolute atomic E-state index is 0. The first-order chi connectivity index (χ1) is 14.2. The fourth-order valence-corrected chi connectivity index (χ4v) is 4.53. The predicted molar refractivity (Wildman–Crippen MR) is 135 cm³/mol. The molecule has 0 radical (unpaired) electrons. The van der Waals surface area contributed by atoms with Crippen LogP contribution in [-0.4, -0.2) is 40.3 Å². The zero-order valence-corrected chi connectivity index (χ0v) is 21.3. The van der Waals surface area contributed by atoms with Gasteiger partial charge >= 0.3 is 0 Å². The van der Waals surface area contributed by atoms with Crippen LogP contribution in [0.4, 0.5) is 5.82 Å². The number of nitrogens with zero attached hydrogens (tertiary/aromatic N) is 2. The first-order valence-corrected chi connectivity index (χ1v) is 10.8. The van der Waals surface area contributed by atoms with Gasteiger partial charge in [-0.25, -0.2) is 4.98 Å². The molecule has 1 saturated heterocycles. The summed E-state index contributed by atoms with van der Waals surface area (Å²) in [5, 5.41) is 2.95. The maximum atomic E-state index is 12.8. The van der Waals surface area contributed by atoms with E-state index in [2.05, 4.69) is 38.4 Å². The lowest BCUT2D eigenvalue weighted by Crippen LogP contribution is -2.51. The first-order valence-electron chi connectivity index (χ1n) is 10.0. The van der Waals surface area contributed by atoms with E-state index in [-0.39, 0.29) is 42.5 Å². The zero-order valence-electron chi connectivity index (χ0n) is 18.1. The second-order valence-electron chi connectivity index (χ2n) is 7.93. The summed E-state index contributed by atoms with van der Waals surface area (Å²) >= 11 is 3.50. The first kappa shape index (κ1) is 28.2. The monoisotopic (exact) mass is 545 g/mol. The van der Waals surface area contributed by atoms with E-state index in [1.165, 1.54) is 5.56 Å². The van der Waals surface area contributed by atoms with Gasteiger partial charge in [0, 0.05) is 23.3 Å². The van der Waals surface area contributed by atoms with E-state index in [9.17, 15) is 9.59 Å². The van der Waals surface area contributed by atoms with Crippen LogP contribution < -0.4 is 16.8 Å². The van der Waals surface area contributed by atoms with Gasteiger partial charge in [-0.2, -0.15) is 0 Å². The molecule has 2 aromatic rings. The van der Waals surface area contributed by atoms with Gasteiger partial charge in [-0.05, 0) is 61.9 Å². The molecular formula is C22H30BrCl2N5O2. The molecule has 0 aliphatic carbocycles. The Kier molecular flexibility index (Phi) is 10.9. The fourth-order valence-electron chi connectivity index (χ4n) is 4.08. The number of aryl methyl sites for hydroxylation is 1. The van der Waals surface area contributed by atoms with Crippen molar-refractivity contribution in [3.8, 4) is 0 Å². The van der Waals surface area contributed by atoms with Crippen molar-refractivity contribution in [3.05, 3.63) is 57.7 Å². The van der Waals surface area contributed by atoms with E-state index in [1.807, 2.05) is 36.9 Å². The lowest BCUT2D eigenvalue weighted by atomic mass is 9.97. The second-order valence-corrected chi connectivity index (χ2v) is 8.84. The number of anilines is 1. The molecule has 0 spiro atoms. The van der Waals surface area contributed by atoms with Gasteiger partial charge in [-0.3, -0.25) is 14.5 Å². The molecule has 0 bridgehead atoms. The van der Waals surface area contributed by atoms with Crippen molar-refractivity contribution in [2.24, 2.45) is 11.7 Å². The molecule has 0 saturated carbocycles. The fraction of sp³-hybridized carbons (Fsp3) is 0.409. The number of benzene rings is 1. The third-order valence-corrected chi connectivity index (χ3v) is 6.21. The number of carbonyl (C=O) groups is 2. The lowest BCUT2D eigenvalue weighted by molar-refractivity contribution is -0.129. The average Bonchev–Trinajstić information content (AvgIpc) is 3.10. The minimum Gasteiger partial charge on any atom is -0.384 e. The summed E-state index contributed by atoms with van der Waals surface area (Å²) in [5.41, 5.74) is 14.2. The van der Waals surface area contributed by atoms with Crippen LogP contribution in [0.3, 0.4) is 0 Å². The van der Waals surface area contributed by atoms with Crippen LogP contribution in [0.2, 0.25) is 0 Å². The largest absolute Gasteiger partial charge is 0.384 e. The quantitative estimate of drug-likeness (QED) is 0.494.